The van der Waals surface area contributed by atoms with Gasteiger partial charge in [0.2, 0.25) is 5.91 Å². The standard InChI is InChI=1S/C20H27F3N2O4S/c21-12-15(13-24)14-29-17-5-7-18(8-6-17)30(27,28)9-3-1-2-4-19(26)25-16-10-20(22,23)11-16/h5-8,12,16H,1-4,9-11,13-14,24H2,(H,25,26)/b15-12+. The number of hydrogen-bond donors (Lipinski definition) is 2. The zero-order chi connectivity index (χ0) is 22.2. The average molecular weight is 449 g/mol. The topological polar surface area (TPSA) is 98.5 Å². The molecular weight excluding hydrogens is 421 g/mol. The van der Waals surface area contributed by atoms with E-state index in [-0.39, 0.29) is 54.5 Å². The van der Waals surface area contributed by atoms with Crippen molar-refractivity contribution in [2.45, 2.75) is 55.4 Å². The van der Waals surface area contributed by atoms with Gasteiger partial charge in [-0.2, -0.15) is 0 Å². The number of amides is 1. The Bertz CT molecular complexity index is 834. The van der Waals surface area contributed by atoms with E-state index in [0.29, 0.717) is 31.3 Å². The molecular formula is C20H27F3N2O4S. The number of halogens is 3. The lowest BCUT2D eigenvalue weighted by Gasteiger charge is -2.35. The van der Waals surface area contributed by atoms with Crippen LogP contribution in [-0.2, 0) is 14.6 Å². The summed E-state index contributed by atoms with van der Waals surface area (Å²) in [4.78, 5) is 11.8. The highest BCUT2D eigenvalue weighted by atomic mass is 32.2. The van der Waals surface area contributed by atoms with Crippen molar-refractivity contribution in [3.8, 4) is 5.75 Å². The Hall–Kier alpha value is -2.07. The smallest absolute Gasteiger partial charge is 0.252 e. The molecule has 0 spiro atoms. The number of alkyl halides is 2. The van der Waals surface area contributed by atoms with E-state index in [0.717, 1.165) is 0 Å². The van der Waals surface area contributed by atoms with Crippen molar-refractivity contribution in [1.29, 1.82) is 0 Å². The maximum absolute atomic E-state index is 12.7. The van der Waals surface area contributed by atoms with Crippen molar-refractivity contribution in [3.05, 3.63) is 36.2 Å². The second-order valence-electron chi connectivity index (χ2n) is 7.39. The molecule has 1 aromatic rings. The van der Waals surface area contributed by atoms with Gasteiger partial charge in [-0.25, -0.2) is 21.6 Å². The normalized spacial score (nSPS) is 16.7. The molecule has 2 rings (SSSR count). The van der Waals surface area contributed by atoms with Gasteiger partial charge < -0.3 is 15.8 Å². The Labute approximate surface area is 174 Å². The average Bonchev–Trinajstić information content (AvgIpc) is 2.67. The first kappa shape index (κ1) is 24.2. The van der Waals surface area contributed by atoms with Crippen LogP contribution in [0.1, 0.15) is 38.5 Å². The van der Waals surface area contributed by atoms with Crippen molar-refractivity contribution in [3.63, 3.8) is 0 Å². The molecule has 0 radical (unpaired) electrons. The third kappa shape index (κ3) is 7.64. The van der Waals surface area contributed by atoms with Crippen molar-refractivity contribution >= 4 is 15.7 Å². The Morgan fingerprint density at radius 1 is 1.20 bits per heavy atom. The van der Waals surface area contributed by atoms with Gasteiger partial charge in [-0.1, -0.05) is 6.42 Å². The van der Waals surface area contributed by atoms with E-state index in [9.17, 15) is 26.4 Å². The number of rotatable bonds is 12. The summed E-state index contributed by atoms with van der Waals surface area (Å²) in [7, 11) is -3.48. The minimum absolute atomic E-state index is 0.0180. The Kier molecular flexibility index (Phi) is 8.72. The number of sulfone groups is 1. The molecule has 1 aliphatic rings. The molecule has 168 valence electrons. The Morgan fingerprint density at radius 2 is 1.87 bits per heavy atom. The van der Waals surface area contributed by atoms with Gasteiger partial charge in [0.15, 0.2) is 9.84 Å². The highest BCUT2D eigenvalue weighted by Gasteiger charge is 2.45. The molecule has 0 unspecified atom stereocenters. The summed E-state index contributed by atoms with van der Waals surface area (Å²) in [5.41, 5.74) is 5.62. The van der Waals surface area contributed by atoms with Crippen molar-refractivity contribution in [2.24, 2.45) is 5.73 Å². The first-order valence-corrected chi connectivity index (χ1v) is 11.4. The highest BCUT2D eigenvalue weighted by Crippen LogP contribution is 2.37. The molecule has 0 aromatic heterocycles. The fraction of sp³-hybridized carbons (Fsp3) is 0.550. The minimum Gasteiger partial charge on any atom is -0.489 e. The second-order valence-corrected chi connectivity index (χ2v) is 9.50. The van der Waals surface area contributed by atoms with E-state index in [1.165, 1.54) is 24.3 Å². The van der Waals surface area contributed by atoms with Crippen LogP contribution < -0.4 is 15.8 Å². The summed E-state index contributed by atoms with van der Waals surface area (Å²) in [5, 5.41) is 2.55. The summed E-state index contributed by atoms with van der Waals surface area (Å²) < 4.78 is 68.0. The fourth-order valence-corrected chi connectivity index (χ4v) is 4.36. The van der Waals surface area contributed by atoms with E-state index in [4.69, 9.17) is 10.5 Å². The first-order chi connectivity index (χ1) is 14.1. The fourth-order valence-electron chi connectivity index (χ4n) is 2.99. The predicted octanol–water partition coefficient (Wildman–Crippen LogP) is 3.13. The van der Waals surface area contributed by atoms with Crippen LogP contribution in [0.25, 0.3) is 0 Å². The van der Waals surface area contributed by atoms with Crippen molar-refractivity contribution in [2.75, 3.05) is 18.9 Å². The van der Waals surface area contributed by atoms with E-state index in [1.807, 2.05) is 0 Å². The summed E-state index contributed by atoms with van der Waals surface area (Å²) in [6, 6.07) is 5.37. The third-order valence-corrected chi connectivity index (χ3v) is 6.61. The van der Waals surface area contributed by atoms with Crippen LogP contribution in [0.3, 0.4) is 0 Å². The molecule has 30 heavy (non-hydrogen) atoms. The van der Waals surface area contributed by atoms with Crippen LogP contribution >= 0.6 is 0 Å². The minimum atomic E-state index is -3.48. The molecule has 1 amide bonds. The van der Waals surface area contributed by atoms with E-state index in [1.54, 1.807) is 0 Å². The Balaban J connectivity index is 1.67. The molecule has 3 N–H and O–H groups in total. The van der Waals surface area contributed by atoms with Crippen molar-refractivity contribution in [1.82, 2.24) is 5.32 Å². The van der Waals surface area contributed by atoms with Crippen LogP contribution in [0.5, 0.6) is 5.75 Å². The maximum Gasteiger partial charge on any atom is 0.252 e. The molecule has 0 heterocycles. The van der Waals surface area contributed by atoms with Crippen LogP contribution in [0.4, 0.5) is 13.2 Å². The summed E-state index contributed by atoms with van der Waals surface area (Å²) >= 11 is 0. The molecule has 10 heteroatoms. The molecule has 1 aromatic carbocycles. The number of carbonyl (C=O) groups is 1. The zero-order valence-corrected chi connectivity index (χ0v) is 17.4. The van der Waals surface area contributed by atoms with Crippen LogP contribution in [0, 0.1) is 0 Å². The summed E-state index contributed by atoms with van der Waals surface area (Å²) in [6.45, 7) is 0.0109. The number of carbonyl (C=O) groups excluding carboxylic acids is 1. The molecule has 1 aliphatic carbocycles. The van der Waals surface area contributed by atoms with Gasteiger partial charge >= 0.3 is 0 Å². The van der Waals surface area contributed by atoms with Gasteiger partial charge in [-0.15, -0.1) is 0 Å². The van der Waals surface area contributed by atoms with Crippen LogP contribution in [0.2, 0.25) is 0 Å². The highest BCUT2D eigenvalue weighted by molar-refractivity contribution is 7.91. The largest absolute Gasteiger partial charge is 0.489 e. The summed E-state index contributed by atoms with van der Waals surface area (Å²) in [6.07, 6.45) is 1.34. The predicted molar refractivity (Wildman–Crippen MR) is 107 cm³/mol. The second kappa shape index (κ2) is 10.8. The van der Waals surface area contributed by atoms with Gasteiger partial charge in [0.25, 0.3) is 5.92 Å². The van der Waals surface area contributed by atoms with E-state index >= 15 is 0 Å². The molecule has 0 saturated heterocycles. The molecule has 1 saturated carbocycles. The van der Waals surface area contributed by atoms with Gasteiger partial charge in [0.05, 0.1) is 17.0 Å². The Morgan fingerprint density at radius 3 is 2.43 bits per heavy atom. The van der Waals surface area contributed by atoms with Gasteiger partial charge in [0.1, 0.15) is 12.4 Å². The van der Waals surface area contributed by atoms with E-state index in [2.05, 4.69) is 5.32 Å². The van der Waals surface area contributed by atoms with Crippen molar-refractivity contribution < 1.29 is 31.1 Å². The quantitative estimate of drug-likeness (QED) is 0.479. The van der Waals surface area contributed by atoms with Crippen LogP contribution in [0.15, 0.2) is 41.1 Å². The number of nitrogens with one attached hydrogen (secondary N) is 1. The number of benzene rings is 1. The maximum atomic E-state index is 12.7. The lowest BCUT2D eigenvalue weighted by Crippen LogP contribution is -2.50. The molecule has 6 nitrogen and oxygen atoms in total. The lowest BCUT2D eigenvalue weighted by molar-refractivity contribution is -0.129. The number of nitrogens with two attached hydrogens (primary N) is 1. The van der Waals surface area contributed by atoms with Gasteiger partial charge in [0, 0.05) is 37.4 Å². The third-order valence-electron chi connectivity index (χ3n) is 4.80. The molecule has 0 atom stereocenters. The first-order valence-electron chi connectivity index (χ1n) is 9.76. The number of unbranched alkanes of at least 4 members (excludes halogenated alkanes) is 2. The number of hydrogen-bond acceptors (Lipinski definition) is 5. The summed E-state index contributed by atoms with van der Waals surface area (Å²) in [5.74, 6) is -2.62. The van der Waals surface area contributed by atoms with Gasteiger partial charge in [-0.05, 0) is 37.1 Å². The zero-order valence-electron chi connectivity index (χ0n) is 16.6. The van der Waals surface area contributed by atoms with Crippen LogP contribution in [-0.4, -0.2) is 45.2 Å². The lowest BCUT2D eigenvalue weighted by atomic mass is 9.88. The molecule has 1 fully saturated rings. The molecule has 0 aliphatic heterocycles. The number of ether oxygens (including phenoxy) is 1. The monoisotopic (exact) mass is 448 g/mol. The molecule has 0 bridgehead atoms. The van der Waals surface area contributed by atoms with E-state index < -0.39 is 21.8 Å². The van der Waals surface area contributed by atoms with Gasteiger partial charge in [-0.3, -0.25) is 4.79 Å². The SMILES string of the molecule is NC/C(=C\F)COc1ccc(S(=O)(=O)CCCCCC(=O)NC2CC(F)(F)C2)cc1.